The molecule has 1 rings (SSSR count). The molecule has 1 atom stereocenters. The van der Waals surface area contributed by atoms with Crippen molar-refractivity contribution in [3.8, 4) is 0 Å². The van der Waals surface area contributed by atoms with E-state index in [0.717, 1.165) is 8.26 Å². The van der Waals surface area contributed by atoms with E-state index in [4.69, 9.17) is 5.73 Å². The van der Waals surface area contributed by atoms with Gasteiger partial charge in [0, 0.05) is 15.4 Å². The summed E-state index contributed by atoms with van der Waals surface area (Å²) < 4.78 is 2.20. The third-order valence-electron chi connectivity index (χ3n) is 1.11. The van der Waals surface area contributed by atoms with Crippen molar-refractivity contribution in [1.82, 2.24) is 0 Å². The van der Waals surface area contributed by atoms with Crippen LogP contribution >= 0.6 is 55.6 Å². The summed E-state index contributed by atoms with van der Waals surface area (Å²) in [5.41, 5.74) is 5.66. The Balaban J connectivity index is 0.000001000. The molecule has 0 aromatic carbocycles. The first-order chi connectivity index (χ1) is 4.61. The van der Waals surface area contributed by atoms with Gasteiger partial charge in [-0.1, -0.05) is 0 Å². The minimum Gasteiger partial charge on any atom is -0.324 e. The summed E-state index contributed by atoms with van der Waals surface area (Å²) in [5.74, 6) is 0. The minimum absolute atomic E-state index is 0. The summed E-state index contributed by atoms with van der Waals surface area (Å²) in [4.78, 5) is 1.19. The highest BCUT2D eigenvalue weighted by Gasteiger charge is 2.06. The average molecular weight is 321 g/mol. The van der Waals surface area contributed by atoms with Crippen LogP contribution in [-0.2, 0) is 0 Å². The molecular formula is C6H8Br2ClNS. The van der Waals surface area contributed by atoms with Gasteiger partial charge in [-0.25, -0.2) is 0 Å². The molecule has 64 valence electrons. The highest BCUT2D eigenvalue weighted by atomic mass is 79.9. The molecule has 2 N–H and O–H groups in total. The standard InChI is InChI=1S/C6H7Br2NS.ClH/c1-3(9)5-2-4(7)6(8)10-5;/h2-3H,9H2,1H3;1H/t3-;/m1./s1. The van der Waals surface area contributed by atoms with Crippen LogP contribution in [0, 0.1) is 0 Å². The Morgan fingerprint density at radius 2 is 2.09 bits per heavy atom. The summed E-state index contributed by atoms with van der Waals surface area (Å²) in [7, 11) is 0. The number of rotatable bonds is 1. The molecule has 11 heavy (non-hydrogen) atoms. The maximum Gasteiger partial charge on any atom is 0.0843 e. The summed E-state index contributed by atoms with van der Waals surface area (Å²) in [6.45, 7) is 1.98. The lowest BCUT2D eigenvalue weighted by molar-refractivity contribution is 0.838. The summed E-state index contributed by atoms with van der Waals surface area (Å²) >= 11 is 8.46. The van der Waals surface area contributed by atoms with Gasteiger partial charge in [0.1, 0.15) is 0 Å². The first-order valence-electron chi connectivity index (χ1n) is 2.81. The SMILES string of the molecule is C[C@@H](N)c1cc(Br)c(Br)s1.Cl. The molecule has 0 bridgehead atoms. The number of thiophene rings is 1. The molecule has 0 unspecified atom stereocenters. The van der Waals surface area contributed by atoms with E-state index in [9.17, 15) is 0 Å². The third kappa shape index (κ3) is 3.03. The van der Waals surface area contributed by atoms with Crippen molar-refractivity contribution in [3.05, 3.63) is 19.2 Å². The van der Waals surface area contributed by atoms with Crippen LogP contribution in [0.25, 0.3) is 0 Å². The molecule has 0 aliphatic rings. The average Bonchev–Trinajstić information content (AvgIpc) is 2.13. The zero-order valence-electron chi connectivity index (χ0n) is 5.80. The van der Waals surface area contributed by atoms with Crippen molar-refractivity contribution in [3.63, 3.8) is 0 Å². The number of hydrogen-bond donors (Lipinski definition) is 1. The van der Waals surface area contributed by atoms with Crippen LogP contribution in [0.5, 0.6) is 0 Å². The van der Waals surface area contributed by atoms with Gasteiger partial charge in [0.2, 0.25) is 0 Å². The lowest BCUT2D eigenvalue weighted by Gasteiger charge is -1.96. The fourth-order valence-electron chi connectivity index (χ4n) is 0.588. The van der Waals surface area contributed by atoms with Crippen LogP contribution in [0.3, 0.4) is 0 Å². The fraction of sp³-hybridized carbons (Fsp3) is 0.333. The Bertz CT molecular complexity index is 217. The van der Waals surface area contributed by atoms with E-state index in [1.807, 2.05) is 13.0 Å². The van der Waals surface area contributed by atoms with Crippen molar-refractivity contribution in [2.75, 3.05) is 0 Å². The summed E-state index contributed by atoms with van der Waals surface area (Å²) in [5, 5.41) is 0. The molecule has 0 amide bonds. The van der Waals surface area contributed by atoms with E-state index in [2.05, 4.69) is 31.9 Å². The molecule has 0 saturated carbocycles. The zero-order chi connectivity index (χ0) is 7.72. The van der Waals surface area contributed by atoms with Gasteiger partial charge >= 0.3 is 0 Å². The van der Waals surface area contributed by atoms with Gasteiger partial charge in [0.05, 0.1) is 3.79 Å². The lowest BCUT2D eigenvalue weighted by atomic mass is 10.3. The molecule has 0 fully saturated rings. The van der Waals surface area contributed by atoms with Gasteiger partial charge in [-0.3, -0.25) is 0 Å². The van der Waals surface area contributed by atoms with Crippen LogP contribution < -0.4 is 5.73 Å². The van der Waals surface area contributed by atoms with E-state index in [1.165, 1.54) is 4.88 Å². The van der Waals surface area contributed by atoms with Gasteiger partial charge < -0.3 is 5.73 Å². The second-order valence-corrected chi connectivity index (χ2v) is 5.32. The zero-order valence-corrected chi connectivity index (χ0v) is 10.6. The topological polar surface area (TPSA) is 26.0 Å². The largest absolute Gasteiger partial charge is 0.324 e. The van der Waals surface area contributed by atoms with E-state index in [0.29, 0.717) is 0 Å². The second kappa shape index (κ2) is 4.82. The minimum atomic E-state index is 0. The Hall–Kier alpha value is 0.910. The smallest absolute Gasteiger partial charge is 0.0843 e. The molecule has 0 radical (unpaired) electrons. The fourth-order valence-corrected chi connectivity index (χ4v) is 2.63. The quantitative estimate of drug-likeness (QED) is 0.838. The molecule has 0 aliphatic carbocycles. The van der Waals surface area contributed by atoms with Crippen molar-refractivity contribution >= 4 is 55.6 Å². The van der Waals surface area contributed by atoms with Crippen LogP contribution in [0.4, 0.5) is 0 Å². The van der Waals surface area contributed by atoms with Crippen LogP contribution in [-0.4, -0.2) is 0 Å². The first-order valence-corrected chi connectivity index (χ1v) is 5.22. The molecule has 0 aliphatic heterocycles. The van der Waals surface area contributed by atoms with Gasteiger partial charge in [-0.2, -0.15) is 0 Å². The maximum atomic E-state index is 5.66. The van der Waals surface area contributed by atoms with E-state index < -0.39 is 0 Å². The Morgan fingerprint density at radius 1 is 1.55 bits per heavy atom. The van der Waals surface area contributed by atoms with E-state index in [-0.39, 0.29) is 18.4 Å². The Morgan fingerprint density at radius 3 is 2.27 bits per heavy atom. The monoisotopic (exact) mass is 319 g/mol. The maximum absolute atomic E-state index is 5.66. The van der Waals surface area contributed by atoms with Crippen LogP contribution in [0.1, 0.15) is 17.8 Å². The second-order valence-electron chi connectivity index (χ2n) is 2.06. The van der Waals surface area contributed by atoms with Crippen molar-refractivity contribution in [2.24, 2.45) is 5.73 Å². The van der Waals surface area contributed by atoms with Gasteiger partial charge in [0.25, 0.3) is 0 Å². The Kier molecular flexibility index (Phi) is 5.22. The Labute approximate surface area is 93.0 Å². The lowest BCUT2D eigenvalue weighted by Crippen LogP contribution is -2.01. The van der Waals surface area contributed by atoms with E-state index >= 15 is 0 Å². The van der Waals surface area contributed by atoms with Gasteiger partial charge in [-0.15, -0.1) is 23.7 Å². The van der Waals surface area contributed by atoms with Crippen molar-refractivity contribution in [2.45, 2.75) is 13.0 Å². The normalized spacial score (nSPS) is 12.4. The van der Waals surface area contributed by atoms with Gasteiger partial charge in [0.15, 0.2) is 0 Å². The van der Waals surface area contributed by atoms with Gasteiger partial charge in [-0.05, 0) is 44.8 Å². The first kappa shape index (κ1) is 11.9. The predicted molar refractivity (Wildman–Crippen MR) is 59.6 cm³/mol. The van der Waals surface area contributed by atoms with E-state index in [1.54, 1.807) is 11.3 Å². The molecule has 5 heteroatoms. The highest BCUT2D eigenvalue weighted by molar-refractivity contribution is 9.13. The summed E-state index contributed by atoms with van der Waals surface area (Å²) in [6.07, 6.45) is 0. The van der Waals surface area contributed by atoms with Crippen LogP contribution in [0.15, 0.2) is 14.3 Å². The highest BCUT2D eigenvalue weighted by Crippen LogP contribution is 2.34. The summed E-state index contributed by atoms with van der Waals surface area (Å²) in [6, 6.07) is 2.17. The van der Waals surface area contributed by atoms with Crippen molar-refractivity contribution < 1.29 is 0 Å². The number of hydrogen-bond acceptors (Lipinski definition) is 2. The van der Waals surface area contributed by atoms with Crippen molar-refractivity contribution in [1.29, 1.82) is 0 Å². The number of halogens is 3. The molecule has 1 nitrogen and oxygen atoms in total. The van der Waals surface area contributed by atoms with Crippen LogP contribution in [0.2, 0.25) is 0 Å². The molecular weight excluding hydrogens is 313 g/mol. The molecule has 1 aromatic heterocycles. The molecule has 0 spiro atoms. The molecule has 0 saturated heterocycles. The number of nitrogens with two attached hydrogens (primary N) is 1. The molecule has 1 aromatic rings. The predicted octanol–water partition coefficient (Wildman–Crippen LogP) is 3.71. The molecule has 1 heterocycles. The third-order valence-corrected chi connectivity index (χ3v) is 4.57.